The van der Waals surface area contributed by atoms with Crippen LogP contribution in [0.2, 0.25) is 0 Å². The number of benzene rings is 1. The number of rotatable bonds is 6. The Morgan fingerprint density at radius 2 is 2.05 bits per heavy atom. The van der Waals surface area contributed by atoms with Crippen molar-refractivity contribution < 1.29 is 23.1 Å². The molecule has 104 valence electrons. The molecule has 0 aromatic heterocycles. The molecule has 0 saturated carbocycles. The number of esters is 1. The summed E-state index contributed by atoms with van der Waals surface area (Å²) in [4.78, 5) is 23.2. The van der Waals surface area contributed by atoms with E-state index in [-0.39, 0.29) is 29.9 Å². The lowest BCUT2D eigenvalue weighted by Crippen LogP contribution is -2.10. The standard InChI is InChI=1S/C13H13BrF2O3/c1-2-19-13(18)9-4-3-8(11(17)5-6-14)7-10(9)12(15)16/h3-4,7,12H,2,5-6H2,1H3. The number of halogens is 3. The van der Waals surface area contributed by atoms with Crippen LogP contribution in [0.15, 0.2) is 18.2 Å². The first-order valence-corrected chi connectivity index (χ1v) is 6.81. The molecule has 19 heavy (non-hydrogen) atoms. The lowest BCUT2D eigenvalue weighted by atomic mass is 10.0. The number of ketones is 1. The maximum atomic E-state index is 12.9. The van der Waals surface area contributed by atoms with Gasteiger partial charge in [-0.05, 0) is 19.1 Å². The summed E-state index contributed by atoms with van der Waals surface area (Å²) in [5.41, 5.74) is -0.506. The van der Waals surface area contributed by atoms with Gasteiger partial charge in [-0.1, -0.05) is 22.0 Å². The molecule has 0 radical (unpaired) electrons. The highest BCUT2D eigenvalue weighted by Crippen LogP contribution is 2.25. The van der Waals surface area contributed by atoms with Crippen molar-refractivity contribution in [1.82, 2.24) is 0 Å². The van der Waals surface area contributed by atoms with Crippen molar-refractivity contribution in [1.29, 1.82) is 0 Å². The minimum Gasteiger partial charge on any atom is -0.462 e. The van der Waals surface area contributed by atoms with Gasteiger partial charge in [0.25, 0.3) is 6.43 Å². The van der Waals surface area contributed by atoms with E-state index in [1.54, 1.807) is 6.92 Å². The largest absolute Gasteiger partial charge is 0.462 e. The molecule has 0 unspecified atom stereocenters. The van der Waals surface area contributed by atoms with Gasteiger partial charge in [0.05, 0.1) is 12.2 Å². The molecule has 1 aromatic carbocycles. The number of Topliss-reactive ketones (excluding diaryl/α,β-unsaturated/α-hetero) is 1. The third kappa shape index (κ3) is 4.09. The van der Waals surface area contributed by atoms with Gasteiger partial charge >= 0.3 is 5.97 Å². The first-order valence-electron chi connectivity index (χ1n) is 5.69. The maximum Gasteiger partial charge on any atom is 0.338 e. The normalized spacial score (nSPS) is 10.6. The quantitative estimate of drug-likeness (QED) is 0.452. The highest BCUT2D eigenvalue weighted by molar-refractivity contribution is 9.09. The highest BCUT2D eigenvalue weighted by atomic mass is 79.9. The molecule has 0 aliphatic rings. The number of hydrogen-bond acceptors (Lipinski definition) is 3. The molecular weight excluding hydrogens is 322 g/mol. The smallest absolute Gasteiger partial charge is 0.338 e. The fraction of sp³-hybridized carbons (Fsp3) is 0.385. The number of carbonyl (C=O) groups excluding carboxylic acids is 2. The van der Waals surface area contributed by atoms with Crippen molar-refractivity contribution in [3.8, 4) is 0 Å². The average Bonchev–Trinajstić information content (AvgIpc) is 2.38. The topological polar surface area (TPSA) is 43.4 Å². The van der Waals surface area contributed by atoms with Crippen LogP contribution >= 0.6 is 15.9 Å². The molecule has 0 heterocycles. The first kappa shape index (κ1) is 15.8. The fourth-order valence-corrected chi connectivity index (χ4v) is 1.90. The van der Waals surface area contributed by atoms with Gasteiger partial charge in [-0.2, -0.15) is 0 Å². The van der Waals surface area contributed by atoms with Gasteiger partial charge in [-0.25, -0.2) is 13.6 Å². The molecule has 6 heteroatoms. The average molecular weight is 335 g/mol. The SMILES string of the molecule is CCOC(=O)c1ccc(C(=O)CCBr)cc1C(F)F. The zero-order chi connectivity index (χ0) is 14.4. The van der Waals surface area contributed by atoms with Crippen molar-refractivity contribution in [3.63, 3.8) is 0 Å². The predicted molar refractivity (Wildman–Crippen MR) is 70.1 cm³/mol. The molecule has 1 rings (SSSR count). The molecule has 1 aromatic rings. The summed E-state index contributed by atoms with van der Waals surface area (Å²) in [6.45, 7) is 1.69. The summed E-state index contributed by atoms with van der Waals surface area (Å²) >= 11 is 3.11. The third-order valence-electron chi connectivity index (χ3n) is 2.43. The minimum atomic E-state index is -2.84. The summed E-state index contributed by atoms with van der Waals surface area (Å²) in [5.74, 6) is -1.06. The highest BCUT2D eigenvalue weighted by Gasteiger charge is 2.21. The summed E-state index contributed by atoms with van der Waals surface area (Å²) in [7, 11) is 0. The second-order valence-corrected chi connectivity index (χ2v) is 4.48. The van der Waals surface area contributed by atoms with Crippen molar-refractivity contribution in [2.45, 2.75) is 19.8 Å². The molecule has 3 nitrogen and oxygen atoms in total. The van der Waals surface area contributed by atoms with Crippen LogP contribution in [0.25, 0.3) is 0 Å². The monoisotopic (exact) mass is 334 g/mol. The van der Waals surface area contributed by atoms with Crippen LogP contribution in [0.1, 0.15) is 46.0 Å². The van der Waals surface area contributed by atoms with E-state index < -0.39 is 18.0 Å². The number of alkyl halides is 3. The molecule has 0 fully saturated rings. The summed E-state index contributed by atoms with van der Waals surface area (Å²) in [6.07, 6.45) is -2.63. The van der Waals surface area contributed by atoms with E-state index in [0.717, 1.165) is 6.07 Å². The van der Waals surface area contributed by atoms with Crippen LogP contribution in [0.3, 0.4) is 0 Å². The van der Waals surface area contributed by atoms with Crippen LogP contribution in [-0.4, -0.2) is 23.7 Å². The summed E-state index contributed by atoms with van der Waals surface area (Å²) in [6, 6.07) is 3.63. The van der Waals surface area contributed by atoms with E-state index in [1.807, 2.05) is 0 Å². The number of ether oxygens (including phenoxy) is 1. The van der Waals surface area contributed by atoms with Crippen molar-refractivity contribution in [3.05, 3.63) is 34.9 Å². The lowest BCUT2D eigenvalue weighted by molar-refractivity contribution is 0.0515. The van der Waals surface area contributed by atoms with Crippen LogP contribution in [0.5, 0.6) is 0 Å². The van der Waals surface area contributed by atoms with Gasteiger partial charge in [0, 0.05) is 22.9 Å². The number of hydrogen-bond donors (Lipinski definition) is 0. The van der Waals surface area contributed by atoms with Gasteiger partial charge in [0.2, 0.25) is 0 Å². The summed E-state index contributed by atoms with van der Waals surface area (Å²) < 4.78 is 30.6. The zero-order valence-corrected chi connectivity index (χ0v) is 11.9. The van der Waals surface area contributed by atoms with Crippen molar-refractivity contribution >= 4 is 27.7 Å². The van der Waals surface area contributed by atoms with Gasteiger partial charge in [-0.15, -0.1) is 0 Å². The van der Waals surface area contributed by atoms with E-state index in [4.69, 9.17) is 4.74 Å². The van der Waals surface area contributed by atoms with Gasteiger partial charge in [0.15, 0.2) is 5.78 Å². The molecule has 0 spiro atoms. The van der Waals surface area contributed by atoms with E-state index in [1.165, 1.54) is 12.1 Å². The Kier molecular flexibility index (Phi) is 6.08. The Bertz CT molecular complexity index is 475. The third-order valence-corrected chi connectivity index (χ3v) is 2.82. The fourth-order valence-electron chi connectivity index (χ4n) is 1.54. The van der Waals surface area contributed by atoms with Crippen molar-refractivity contribution in [2.24, 2.45) is 0 Å². The Morgan fingerprint density at radius 1 is 1.37 bits per heavy atom. The predicted octanol–water partition coefficient (Wildman–Crippen LogP) is 3.77. The Morgan fingerprint density at radius 3 is 2.58 bits per heavy atom. The lowest BCUT2D eigenvalue weighted by Gasteiger charge is -2.10. The molecule has 0 aliphatic heterocycles. The van der Waals surface area contributed by atoms with E-state index >= 15 is 0 Å². The van der Waals surface area contributed by atoms with Gasteiger partial charge in [-0.3, -0.25) is 4.79 Å². The minimum absolute atomic E-state index is 0.103. The molecule has 0 atom stereocenters. The van der Waals surface area contributed by atoms with Gasteiger partial charge < -0.3 is 4.74 Å². The molecule has 0 amide bonds. The van der Waals surface area contributed by atoms with Crippen LogP contribution in [-0.2, 0) is 4.74 Å². The Hall–Kier alpha value is -1.30. The molecule has 0 aliphatic carbocycles. The molecular formula is C13H13BrF2O3. The Labute approximate surface area is 118 Å². The second-order valence-electron chi connectivity index (χ2n) is 3.69. The molecule has 0 bridgehead atoms. The van der Waals surface area contributed by atoms with Crippen LogP contribution in [0.4, 0.5) is 8.78 Å². The maximum absolute atomic E-state index is 12.9. The second kappa shape index (κ2) is 7.33. The molecule has 0 N–H and O–H groups in total. The van der Waals surface area contributed by atoms with E-state index in [2.05, 4.69) is 15.9 Å². The van der Waals surface area contributed by atoms with Crippen LogP contribution < -0.4 is 0 Å². The van der Waals surface area contributed by atoms with E-state index in [0.29, 0.717) is 5.33 Å². The zero-order valence-electron chi connectivity index (χ0n) is 10.3. The van der Waals surface area contributed by atoms with Gasteiger partial charge in [0.1, 0.15) is 0 Å². The van der Waals surface area contributed by atoms with Crippen LogP contribution in [0, 0.1) is 0 Å². The van der Waals surface area contributed by atoms with E-state index in [9.17, 15) is 18.4 Å². The first-order chi connectivity index (χ1) is 9.01. The Balaban J connectivity index is 3.15. The summed E-state index contributed by atoms with van der Waals surface area (Å²) in [5, 5.41) is 0.454. The number of carbonyl (C=O) groups is 2. The molecule has 0 saturated heterocycles. The van der Waals surface area contributed by atoms with Crippen molar-refractivity contribution in [2.75, 3.05) is 11.9 Å².